The zero-order valence-electron chi connectivity index (χ0n) is 19.8. The quantitative estimate of drug-likeness (QED) is 0.431. The second kappa shape index (κ2) is 11.9. The summed E-state index contributed by atoms with van der Waals surface area (Å²) < 4.78 is 22.1. The molecule has 2 aromatic rings. The lowest BCUT2D eigenvalue weighted by Gasteiger charge is -2.27. The highest BCUT2D eigenvalue weighted by Crippen LogP contribution is 2.33. The van der Waals surface area contributed by atoms with Gasteiger partial charge < -0.3 is 34.3 Å². The summed E-state index contributed by atoms with van der Waals surface area (Å²) >= 11 is 0. The summed E-state index contributed by atoms with van der Waals surface area (Å²) in [6, 6.07) is 12.5. The van der Waals surface area contributed by atoms with Crippen LogP contribution < -0.4 is 29.2 Å². The van der Waals surface area contributed by atoms with Crippen molar-refractivity contribution in [3.8, 4) is 23.0 Å². The largest absolute Gasteiger partial charge is 0.497 e. The van der Waals surface area contributed by atoms with Crippen LogP contribution in [0.15, 0.2) is 42.5 Å². The van der Waals surface area contributed by atoms with Gasteiger partial charge in [0.15, 0.2) is 11.5 Å². The molecule has 2 heterocycles. The Hall–Kier alpha value is -2.97. The van der Waals surface area contributed by atoms with Crippen molar-refractivity contribution in [3.63, 3.8) is 0 Å². The molecule has 0 aromatic heterocycles. The topological polar surface area (TPSA) is 90.7 Å². The van der Waals surface area contributed by atoms with Crippen LogP contribution in [0.2, 0.25) is 0 Å². The maximum atomic E-state index is 12.7. The highest BCUT2D eigenvalue weighted by molar-refractivity contribution is 5.76. The molecule has 8 heteroatoms. The number of hydrogen-bond donors (Lipinski definition) is 3. The van der Waals surface area contributed by atoms with E-state index < -0.39 is 6.10 Å². The van der Waals surface area contributed by atoms with E-state index in [0.29, 0.717) is 50.7 Å². The van der Waals surface area contributed by atoms with Crippen LogP contribution in [0.5, 0.6) is 23.0 Å². The van der Waals surface area contributed by atoms with E-state index in [2.05, 4.69) is 5.32 Å². The molecule has 34 heavy (non-hydrogen) atoms. The number of fused-ring (bicyclic) bond motifs is 1. The van der Waals surface area contributed by atoms with Gasteiger partial charge in [-0.1, -0.05) is 6.07 Å². The van der Waals surface area contributed by atoms with E-state index in [-0.39, 0.29) is 11.9 Å². The van der Waals surface area contributed by atoms with Crippen LogP contribution >= 0.6 is 0 Å². The first-order valence-electron chi connectivity index (χ1n) is 12.1. The number of aliphatic hydroxyl groups is 1. The van der Waals surface area contributed by atoms with Gasteiger partial charge in [0.1, 0.15) is 43.4 Å². The number of aliphatic hydroxyl groups excluding tert-OH is 1. The summed E-state index contributed by atoms with van der Waals surface area (Å²) in [5.41, 5.74) is 0.719. The van der Waals surface area contributed by atoms with Gasteiger partial charge in [0.05, 0.1) is 26.8 Å². The zero-order valence-corrected chi connectivity index (χ0v) is 19.8. The van der Waals surface area contributed by atoms with Gasteiger partial charge in [-0.15, -0.1) is 0 Å². The van der Waals surface area contributed by atoms with Crippen molar-refractivity contribution in [1.29, 1.82) is 0 Å². The maximum absolute atomic E-state index is 12.7. The van der Waals surface area contributed by atoms with Crippen molar-refractivity contribution in [2.75, 3.05) is 46.6 Å². The first kappa shape index (κ1) is 24.2. The van der Waals surface area contributed by atoms with E-state index in [0.717, 1.165) is 30.2 Å². The van der Waals surface area contributed by atoms with Crippen molar-refractivity contribution in [2.24, 2.45) is 0 Å². The molecule has 1 fully saturated rings. The minimum Gasteiger partial charge on any atom is -0.497 e. The Morgan fingerprint density at radius 3 is 2.50 bits per heavy atom. The van der Waals surface area contributed by atoms with Crippen LogP contribution in [0.4, 0.5) is 0 Å². The molecule has 0 spiro atoms. The molecule has 2 aliphatic rings. The van der Waals surface area contributed by atoms with Crippen molar-refractivity contribution < 1.29 is 33.7 Å². The molecule has 1 amide bonds. The van der Waals surface area contributed by atoms with Crippen LogP contribution in [0.25, 0.3) is 0 Å². The summed E-state index contributed by atoms with van der Waals surface area (Å²) in [4.78, 5) is 14.1. The van der Waals surface area contributed by atoms with Gasteiger partial charge in [-0.3, -0.25) is 4.79 Å². The van der Waals surface area contributed by atoms with E-state index in [9.17, 15) is 9.90 Å². The number of methoxy groups -OCH3 is 1. The Labute approximate surface area is 200 Å². The average molecular weight is 472 g/mol. The molecule has 0 aliphatic carbocycles. The van der Waals surface area contributed by atoms with E-state index in [4.69, 9.17) is 18.9 Å². The molecular formula is C26H35N2O6+. The average Bonchev–Trinajstić information content (AvgIpc) is 3.39. The molecule has 0 bridgehead atoms. The first-order valence-corrected chi connectivity index (χ1v) is 12.1. The standard InChI is InChI=1S/C26H34N2O6/c1-31-20-7-9-21(10-8-20)32-14-4-5-25(29)27-22(18-28-12-2-3-13-28)26(30)19-6-11-23-24(17-19)34-16-15-33-23/h6-11,17,22,26,30H,2-5,12-16,18H2,1H3,(H,27,29)/p+1/t22-,26-/m1/s1. The van der Waals surface area contributed by atoms with Crippen molar-refractivity contribution in [1.82, 2.24) is 5.32 Å². The number of quaternary nitrogens is 1. The molecule has 4 rings (SSSR count). The van der Waals surface area contributed by atoms with Crippen LogP contribution in [-0.4, -0.2) is 63.6 Å². The molecule has 0 radical (unpaired) electrons. The highest BCUT2D eigenvalue weighted by Gasteiger charge is 2.30. The lowest BCUT2D eigenvalue weighted by Crippen LogP contribution is -3.11. The minimum atomic E-state index is -0.830. The Morgan fingerprint density at radius 2 is 1.76 bits per heavy atom. The van der Waals surface area contributed by atoms with Gasteiger partial charge in [0, 0.05) is 19.3 Å². The number of nitrogens with one attached hydrogen (secondary N) is 2. The smallest absolute Gasteiger partial charge is 0.220 e. The summed E-state index contributed by atoms with van der Waals surface area (Å²) in [5.74, 6) is 2.75. The zero-order chi connectivity index (χ0) is 23.8. The van der Waals surface area contributed by atoms with Gasteiger partial charge >= 0.3 is 0 Å². The molecule has 1 saturated heterocycles. The summed E-state index contributed by atoms with van der Waals surface area (Å²) in [6.07, 6.45) is 2.44. The Balaban J connectivity index is 1.32. The maximum Gasteiger partial charge on any atom is 0.220 e. The molecular weight excluding hydrogens is 436 g/mol. The van der Waals surface area contributed by atoms with Gasteiger partial charge in [-0.2, -0.15) is 0 Å². The van der Waals surface area contributed by atoms with Crippen LogP contribution in [0.1, 0.15) is 37.4 Å². The normalized spacial score (nSPS) is 17.1. The summed E-state index contributed by atoms with van der Waals surface area (Å²) in [5, 5.41) is 14.3. The monoisotopic (exact) mass is 471 g/mol. The second-order valence-electron chi connectivity index (χ2n) is 8.81. The molecule has 2 aliphatic heterocycles. The first-order chi connectivity index (χ1) is 16.6. The Morgan fingerprint density at radius 1 is 1.06 bits per heavy atom. The number of amides is 1. The third-order valence-electron chi connectivity index (χ3n) is 6.33. The molecule has 0 unspecified atom stereocenters. The van der Waals surface area contributed by atoms with Crippen LogP contribution in [0, 0.1) is 0 Å². The van der Waals surface area contributed by atoms with E-state index in [1.807, 2.05) is 42.5 Å². The number of benzene rings is 2. The van der Waals surface area contributed by atoms with Gasteiger partial charge in [0.25, 0.3) is 0 Å². The van der Waals surface area contributed by atoms with Gasteiger partial charge in [-0.25, -0.2) is 0 Å². The number of ether oxygens (including phenoxy) is 4. The van der Waals surface area contributed by atoms with Crippen molar-refractivity contribution >= 4 is 5.91 Å². The summed E-state index contributed by atoms with van der Waals surface area (Å²) in [7, 11) is 1.62. The van der Waals surface area contributed by atoms with Gasteiger partial charge in [0.2, 0.25) is 5.91 Å². The molecule has 3 N–H and O–H groups in total. The third-order valence-corrected chi connectivity index (χ3v) is 6.33. The van der Waals surface area contributed by atoms with E-state index in [1.165, 1.54) is 17.7 Å². The molecule has 8 nitrogen and oxygen atoms in total. The molecule has 2 aromatic carbocycles. The van der Waals surface area contributed by atoms with E-state index >= 15 is 0 Å². The fraction of sp³-hybridized carbons (Fsp3) is 0.500. The van der Waals surface area contributed by atoms with Crippen molar-refractivity contribution in [2.45, 2.75) is 37.8 Å². The van der Waals surface area contributed by atoms with E-state index in [1.54, 1.807) is 7.11 Å². The predicted octanol–water partition coefficient (Wildman–Crippen LogP) is 1.52. The molecule has 0 saturated carbocycles. The minimum absolute atomic E-state index is 0.0847. The fourth-order valence-electron chi connectivity index (χ4n) is 4.48. The SMILES string of the molecule is COc1ccc(OCCCC(=O)N[C@H](C[NH+]2CCCC2)[C@H](O)c2ccc3c(c2)OCCO3)cc1. The highest BCUT2D eigenvalue weighted by atomic mass is 16.6. The van der Waals surface area contributed by atoms with Crippen LogP contribution in [-0.2, 0) is 4.79 Å². The van der Waals surface area contributed by atoms with Crippen LogP contribution in [0.3, 0.4) is 0 Å². The molecule has 184 valence electrons. The number of likely N-dealkylation sites (tertiary alicyclic amines) is 1. The number of carbonyl (C=O) groups is 1. The number of hydrogen-bond acceptors (Lipinski definition) is 6. The third kappa shape index (κ3) is 6.55. The number of carbonyl (C=O) groups excluding carboxylic acids is 1. The number of rotatable bonds is 11. The Kier molecular flexibility index (Phi) is 8.49. The second-order valence-corrected chi connectivity index (χ2v) is 8.81. The summed E-state index contributed by atoms with van der Waals surface area (Å²) in [6.45, 7) is 4.26. The lowest BCUT2D eigenvalue weighted by atomic mass is 10.0. The van der Waals surface area contributed by atoms with Gasteiger partial charge in [-0.05, 0) is 48.4 Å². The van der Waals surface area contributed by atoms with Crippen molar-refractivity contribution in [3.05, 3.63) is 48.0 Å². The molecule has 2 atom stereocenters. The lowest BCUT2D eigenvalue weighted by molar-refractivity contribution is -0.889. The Bertz CT molecular complexity index is 929. The fourth-order valence-corrected chi connectivity index (χ4v) is 4.48. The predicted molar refractivity (Wildman–Crippen MR) is 127 cm³/mol.